The summed E-state index contributed by atoms with van der Waals surface area (Å²) in [6, 6.07) is 4.39. The second kappa shape index (κ2) is 5.50. The molecule has 0 aliphatic rings. The number of ketones is 2. The number of benzene rings is 1. The number of halogens is 4. The summed E-state index contributed by atoms with van der Waals surface area (Å²) in [6.07, 6.45) is -3.96. The lowest BCUT2D eigenvalue weighted by molar-refractivity contribution is -0.128. The van der Waals surface area contributed by atoms with E-state index in [1.54, 1.807) is 6.07 Å². The lowest BCUT2D eigenvalue weighted by atomic mass is 10.1. The van der Waals surface area contributed by atoms with Gasteiger partial charge in [-0.3, -0.25) is 9.59 Å². The van der Waals surface area contributed by atoms with Crippen LogP contribution in [0.1, 0.15) is 16.8 Å². The van der Waals surface area contributed by atoms with Crippen LogP contribution in [0.3, 0.4) is 0 Å². The highest BCUT2D eigenvalue weighted by atomic mass is 79.9. The zero-order valence-corrected chi connectivity index (χ0v) is 10.2. The Labute approximate surface area is 104 Å². The standard InChI is InChI=1S/C10H6BrClF2O2/c11-5-1-2-6(7(12)3-5)8(15)4-9(16)10(13)14/h1-3,10H,4H2. The van der Waals surface area contributed by atoms with Crippen LogP contribution in [0.4, 0.5) is 8.78 Å². The third kappa shape index (κ3) is 3.35. The molecule has 2 nitrogen and oxygen atoms in total. The van der Waals surface area contributed by atoms with Crippen LogP contribution in [0.25, 0.3) is 0 Å². The van der Waals surface area contributed by atoms with Crippen molar-refractivity contribution >= 4 is 39.1 Å². The Morgan fingerprint density at radius 2 is 2.00 bits per heavy atom. The molecule has 0 aliphatic carbocycles. The zero-order chi connectivity index (χ0) is 12.3. The number of carbonyl (C=O) groups excluding carboxylic acids is 2. The van der Waals surface area contributed by atoms with Gasteiger partial charge in [0, 0.05) is 10.0 Å². The van der Waals surface area contributed by atoms with Gasteiger partial charge in [0.15, 0.2) is 5.78 Å². The van der Waals surface area contributed by atoms with Crippen molar-refractivity contribution in [3.63, 3.8) is 0 Å². The van der Waals surface area contributed by atoms with E-state index >= 15 is 0 Å². The van der Waals surface area contributed by atoms with Crippen LogP contribution in [0, 0.1) is 0 Å². The predicted octanol–water partition coefficient (Wildman–Crippen LogP) is 3.51. The van der Waals surface area contributed by atoms with Crippen molar-refractivity contribution in [1.82, 2.24) is 0 Å². The minimum atomic E-state index is -3.13. The van der Waals surface area contributed by atoms with Crippen LogP contribution in [0.5, 0.6) is 0 Å². The van der Waals surface area contributed by atoms with Crippen LogP contribution in [0.2, 0.25) is 5.02 Å². The Kier molecular flexibility index (Phi) is 4.56. The van der Waals surface area contributed by atoms with Gasteiger partial charge in [0.1, 0.15) is 0 Å². The van der Waals surface area contributed by atoms with Crippen LogP contribution in [0.15, 0.2) is 22.7 Å². The van der Waals surface area contributed by atoms with Crippen LogP contribution in [-0.2, 0) is 4.79 Å². The van der Waals surface area contributed by atoms with E-state index in [1.165, 1.54) is 12.1 Å². The van der Waals surface area contributed by atoms with Gasteiger partial charge in [-0.25, -0.2) is 8.78 Å². The quantitative estimate of drug-likeness (QED) is 0.630. The molecule has 0 saturated carbocycles. The fourth-order valence-electron chi connectivity index (χ4n) is 1.05. The van der Waals surface area contributed by atoms with Crippen molar-refractivity contribution in [3.05, 3.63) is 33.3 Å². The van der Waals surface area contributed by atoms with Gasteiger partial charge >= 0.3 is 0 Å². The molecule has 0 bridgehead atoms. The van der Waals surface area contributed by atoms with E-state index in [0.29, 0.717) is 4.47 Å². The van der Waals surface area contributed by atoms with E-state index < -0.39 is 24.4 Å². The molecular weight excluding hydrogens is 305 g/mol. The Bertz CT molecular complexity index is 435. The number of rotatable bonds is 4. The largest absolute Gasteiger partial charge is 0.296 e. The molecule has 0 aliphatic heterocycles. The van der Waals surface area contributed by atoms with E-state index in [1.807, 2.05) is 0 Å². The third-order valence-corrected chi connectivity index (χ3v) is 2.62. The second-order valence-electron chi connectivity index (χ2n) is 2.99. The number of alkyl halides is 2. The highest BCUT2D eigenvalue weighted by Gasteiger charge is 2.21. The molecule has 1 aromatic carbocycles. The van der Waals surface area contributed by atoms with Crippen molar-refractivity contribution < 1.29 is 18.4 Å². The normalized spacial score (nSPS) is 10.6. The van der Waals surface area contributed by atoms with Gasteiger partial charge in [-0.05, 0) is 18.2 Å². The maximum atomic E-state index is 11.9. The molecule has 0 fully saturated rings. The van der Waals surface area contributed by atoms with E-state index in [9.17, 15) is 18.4 Å². The summed E-state index contributed by atoms with van der Waals surface area (Å²) in [7, 11) is 0. The van der Waals surface area contributed by atoms with Gasteiger partial charge < -0.3 is 0 Å². The maximum Gasteiger partial charge on any atom is 0.296 e. The van der Waals surface area contributed by atoms with Gasteiger partial charge in [0.2, 0.25) is 5.78 Å². The molecule has 0 saturated heterocycles. The van der Waals surface area contributed by atoms with Gasteiger partial charge in [-0.15, -0.1) is 0 Å². The Morgan fingerprint density at radius 1 is 1.38 bits per heavy atom. The molecule has 86 valence electrons. The SMILES string of the molecule is O=C(CC(=O)C(F)F)c1ccc(Br)cc1Cl. The highest BCUT2D eigenvalue weighted by Crippen LogP contribution is 2.22. The molecule has 0 radical (unpaired) electrons. The second-order valence-corrected chi connectivity index (χ2v) is 4.31. The summed E-state index contributed by atoms with van der Waals surface area (Å²) in [5.74, 6) is -2.10. The lowest BCUT2D eigenvalue weighted by Crippen LogP contribution is -2.15. The van der Waals surface area contributed by atoms with Crippen LogP contribution >= 0.6 is 27.5 Å². The summed E-state index contributed by atoms with van der Waals surface area (Å²) >= 11 is 8.87. The molecular formula is C10H6BrClF2O2. The number of Topliss-reactive ketones (excluding diaryl/α,β-unsaturated/α-hetero) is 2. The highest BCUT2D eigenvalue weighted by molar-refractivity contribution is 9.10. The molecule has 0 spiro atoms. The molecule has 0 atom stereocenters. The third-order valence-electron chi connectivity index (χ3n) is 1.81. The molecule has 6 heteroatoms. The van der Waals surface area contributed by atoms with E-state index in [0.717, 1.165) is 0 Å². The van der Waals surface area contributed by atoms with E-state index in [4.69, 9.17) is 11.6 Å². The monoisotopic (exact) mass is 310 g/mol. The van der Waals surface area contributed by atoms with Crippen molar-refractivity contribution in [2.45, 2.75) is 12.8 Å². The first kappa shape index (κ1) is 13.3. The smallest absolute Gasteiger partial charge is 0.294 e. The van der Waals surface area contributed by atoms with Crippen molar-refractivity contribution in [1.29, 1.82) is 0 Å². The average Bonchev–Trinajstić information content (AvgIpc) is 2.16. The summed E-state index contributed by atoms with van der Waals surface area (Å²) in [5, 5.41) is 0.126. The molecule has 0 unspecified atom stereocenters. The fourth-order valence-corrected chi connectivity index (χ4v) is 1.83. The molecule has 16 heavy (non-hydrogen) atoms. The molecule has 0 heterocycles. The van der Waals surface area contributed by atoms with Gasteiger partial charge in [-0.2, -0.15) is 0 Å². The minimum absolute atomic E-state index is 0.0684. The lowest BCUT2D eigenvalue weighted by Gasteiger charge is -2.03. The minimum Gasteiger partial charge on any atom is -0.294 e. The first-order chi connectivity index (χ1) is 7.41. The zero-order valence-electron chi connectivity index (χ0n) is 7.84. The van der Waals surface area contributed by atoms with Crippen molar-refractivity contribution in [3.8, 4) is 0 Å². The Morgan fingerprint density at radius 3 is 2.50 bits per heavy atom. The van der Waals surface area contributed by atoms with Gasteiger partial charge in [-0.1, -0.05) is 27.5 Å². The molecule has 0 aromatic heterocycles. The number of hydrogen-bond donors (Lipinski definition) is 0. The predicted molar refractivity (Wildman–Crippen MR) is 59.1 cm³/mol. The van der Waals surface area contributed by atoms with Crippen molar-refractivity contribution in [2.75, 3.05) is 0 Å². The molecule has 0 amide bonds. The van der Waals surface area contributed by atoms with Crippen LogP contribution in [-0.4, -0.2) is 18.0 Å². The maximum absolute atomic E-state index is 11.9. The average molecular weight is 312 g/mol. The first-order valence-corrected chi connectivity index (χ1v) is 5.38. The van der Waals surface area contributed by atoms with Crippen molar-refractivity contribution in [2.24, 2.45) is 0 Å². The number of carbonyl (C=O) groups is 2. The first-order valence-electron chi connectivity index (χ1n) is 4.21. The Balaban J connectivity index is 2.85. The van der Waals surface area contributed by atoms with Gasteiger partial charge in [0.25, 0.3) is 6.43 Å². The fraction of sp³-hybridized carbons (Fsp3) is 0.200. The van der Waals surface area contributed by atoms with E-state index in [-0.39, 0.29) is 10.6 Å². The van der Waals surface area contributed by atoms with Gasteiger partial charge in [0.05, 0.1) is 11.4 Å². The molecule has 1 aromatic rings. The van der Waals surface area contributed by atoms with Crippen LogP contribution < -0.4 is 0 Å². The summed E-state index contributed by atoms with van der Waals surface area (Å²) in [4.78, 5) is 22.1. The van der Waals surface area contributed by atoms with E-state index in [2.05, 4.69) is 15.9 Å². The number of hydrogen-bond acceptors (Lipinski definition) is 2. The topological polar surface area (TPSA) is 34.1 Å². The summed E-state index contributed by atoms with van der Waals surface area (Å²) in [5.41, 5.74) is 0.0684. The summed E-state index contributed by atoms with van der Waals surface area (Å²) < 4.78 is 24.5. The summed E-state index contributed by atoms with van der Waals surface area (Å²) in [6.45, 7) is 0. The Hall–Kier alpha value is -0.810. The molecule has 0 N–H and O–H groups in total. The molecule has 1 rings (SSSR count).